The Kier molecular flexibility index (Phi) is 5.54. The van der Waals surface area contributed by atoms with Gasteiger partial charge in [0.2, 0.25) is 0 Å². The maximum atomic E-state index is 12.6. The Hall–Kier alpha value is -2.43. The molecule has 0 amide bonds. The molecule has 24 heavy (non-hydrogen) atoms. The van der Waals surface area contributed by atoms with Crippen LogP contribution in [0.3, 0.4) is 0 Å². The Morgan fingerprint density at radius 2 is 1.88 bits per heavy atom. The first-order valence-electron chi connectivity index (χ1n) is 7.97. The molecule has 5 heteroatoms. The van der Waals surface area contributed by atoms with Gasteiger partial charge in [0.25, 0.3) is 0 Å². The van der Waals surface area contributed by atoms with E-state index in [2.05, 4.69) is 9.73 Å². The number of rotatable bonds is 4. The van der Waals surface area contributed by atoms with E-state index in [1.54, 1.807) is 0 Å². The van der Waals surface area contributed by atoms with Gasteiger partial charge >= 0.3 is 5.97 Å². The summed E-state index contributed by atoms with van der Waals surface area (Å²) in [6, 6.07) is 9.33. The summed E-state index contributed by atoms with van der Waals surface area (Å²) in [5.41, 5.74) is 1.35. The number of ketones is 1. The average Bonchev–Trinajstić information content (AvgIpc) is 2.51. The highest BCUT2D eigenvalue weighted by molar-refractivity contribution is 6.25. The molecule has 1 aliphatic carbocycles. The summed E-state index contributed by atoms with van der Waals surface area (Å²) in [4.78, 5) is 28.4. The van der Waals surface area contributed by atoms with Gasteiger partial charge in [-0.1, -0.05) is 32.0 Å². The molecule has 0 aromatic heterocycles. The zero-order valence-electron chi connectivity index (χ0n) is 14.3. The van der Waals surface area contributed by atoms with Crippen molar-refractivity contribution in [1.29, 1.82) is 0 Å². The summed E-state index contributed by atoms with van der Waals surface area (Å²) in [5.74, 6) is -0.647. The lowest BCUT2D eigenvalue weighted by Crippen LogP contribution is -2.32. The number of esters is 1. The molecule has 0 bridgehead atoms. The summed E-state index contributed by atoms with van der Waals surface area (Å²) in [6.45, 7) is 4.02. The number of benzene rings is 1. The fraction of sp³-hybridized carbons (Fsp3) is 0.421. The second-order valence-corrected chi connectivity index (χ2v) is 6.73. The minimum absolute atomic E-state index is 0.0289. The number of ether oxygens (including phenoxy) is 1. The molecule has 128 valence electrons. The van der Waals surface area contributed by atoms with Gasteiger partial charge < -0.3 is 9.84 Å². The molecule has 0 heterocycles. The molecule has 0 spiro atoms. The highest BCUT2D eigenvalue weighted by atomic mass is 16.5. The van der Waals surface area contributed by atoms with Crippen LogP contribution >= 0.6 is 0 Å². The molecule has 2 rings (SSSR count). The first kappa shape index (κ1) is 17.9. The molecule has 0 atom stereocenters. The number of hydrogen-bond acceptors (Lipinski definition) is 5. The van der Waals surface area contributed by atoms with Crippen molar-refractivity contribution in [1.82, 2.24) is 0 Å². The lowest BCUT2D eigenvalue weighted by atomic mass is 9.73. The zero-order valence-corrected chi connectivity index (χ0v) is 14.3. The van der Waals surface area contributed by atoms with Crippen LogP contribution in [0.4, 0.5) is 5.69 Å². The van der Waals surface area contributed by atoms with Crippen LogP contribution in [-0.2, 0) is 14.3 Å². The maximum absolute atomic E-state index is 12.6. The number of aliphatic hydroxyl groups is 1. The van der Waals surface area contributed by atoms with Crippen LogP contribution in [-0.4, -0.2) is 29.7 Å². The maximum Gasteiger partial charge on any atom is 0.305 e. The molecule has 0 saturated heterocycles. The first-order valence-corrected chi connectivity index (χ1v) is 7.97. The Balaban J connectivity index is 2.39. The Morgan fingerprint density at radius 1 is 1.21 bits per heavy atom. The molecular weight excluding hydrogens is 306 g/mol. The number of allylic oxidation sites excluding steroid dienone is 2. The molecule has 0 radical (unpaired) electrons. The molecule has 5 nitrogen and oxygen atoms in total. The van der Waals surface area contributed by atoms with Crippen LogP contribution in [0.15, 0.2) is 46.7 Å². The Morgan fingerprint density at radius 3 is 2.50 bits per heavy atom. The SMILES string of the molecule is COC(=O)CC/C(O)=C1\C(=O)CC(C)(C)CC1=Nc1ccccc1. The van der Waals surface area contributed by atoms with Gasteiger partial charge in [0.15, 0.2) is 5.78 Å². The lowest BCUT2D eigenvalue weighted by Gasteiger charge is -2.31. The standard InChI is InChI=1S/C19H23NO4/c1-19(2)11-14(20-13-7-5-4-6-8-13)18(16(22)12-19)15(21)9-10-17(23)24-3/h4-8,21H,9-12H2,1-3H3/b18-15+,20-14?. The van der Waals surface area contributed by atoms with E-state index in [9.17, 15) is 14.7 Å². The molecule has 0 aliphatic heterocycles. The van der Waals surface area contributed by atoms with Crippen molar-refractivity contribution in [3.63, 3.8) is 0 Å². The number of aliphatic imine (C=N–C) groups is 1. The van der Waals surface area contributed by atoms with Crippen LogP contribution in [0.25, 0.3) is 0 Å². The van der Waals surface area contributed by atoms with Gasteiger partial charge in [-0.15, -0.1) is 0 Å². The minimum Gasteiger partial charge on any atom is -0.511 e. The van der Waals surface area contributed by atoms with E-state index >= 15 is 0 Å². The smallest absolute Gasteiger partial charge is 0.305 e. The average molecular weight is 329 g/mol. The van der Waals surface area contributed by atoms with Crippen LogP contribution in [0.2, 0.25) is 0 Å². The number of methoxy groups -OCH3 is 1. The van der Waals surface area contributed by atoms with E-state index in [0.29, 0.717) is 18.6 Å². The van der Waals surface area contributed by atoms with Crippen molar-refractivity contribution < 1.29 is 19.4 Å². The molecule has 1 N–H and O–H groups in total. The molecule has 1 aromatic rings. The van der Waals surface area contributed by atoms with E-state index in [4.69, 9.17) is 0 Å². The molecule has 1 fully saturated rings. The van der Waals surface area contributed by atoms with Crippen LogP contribution in [0, 0.1) is 5.41 Å². The number of nitrogens with zero attached hydrogens (tertiary/aromatic N) is 1. The largest absolute Gasteiger partial charge is 0.511 e. The number of carbonyl (C=O) groups is 2. The molecular formula is C19H23NO4. The van der Waals surface area contributed by atoms with Gasteiger partial charge in [0.1, 0.15) is 5.76 Å². The van der Waals surface area contributed by atoms with Gasteiger partial charge in [0.05, 0.1) is 30.5 Å². The van der Waals surface area contributed by atoms with Crippen LogP contribution < -0.4 is 0 Å². The van der Waals surface area contributed by atoms with Gasteiger partial charge in [-0.3, -0.25) is 14.6 Å². The predicted octanol–water partition coefficient (Wildman–Crippen LogP) is 3.91. The molecule has 1 aromatic carbocycles. The Bertz CT molecular complexity index is 687. The van der Waals surface area contributed by atoms with E-state index < -0.39 is 5.97 Å². The van der Waals surface area contributed by atoms with E-state index in [1.807, 2.05) is 44.2 Å². The molecule has 1 saturated carbocycles. The van der Waals surface area contributed by atoms with Crippen molar-refractivity contribution in [2.75, 3.05) is 7.11 Å². The van der Waals surface area contributed by atoms with Crippen molar-refractivity contribution in [2.24, 2.45) is 10.4 Å². The fourth-order valence-electron chi connectivity index (χ4n) is 2.82. The second kappa shape index (κ2) is 7.43. The van der Waals surface area contributed by atoms with Gasteiger partial charge in [-0.05, 0) is 24.0 Å². The molecule has 1 aliphatic rings. The summed E-state index contributed by atoms with van der Waals surface area (Å²) in [7, 11) is 1.29. The number of aliphatic hydroxyl groups excluding tert-OH is 1. The van der Waals surface area contributed by atoms with Crippen LogP contribution in [0.1, 0.15) is 39.5 Å². The minimum atomic E-state index is -0.424. The molecule has 0 unspecified atom stereocenters. The van der Waals surface area contributed by atoms with Crippen molar-refractivity contribution in [3.05, 3.63) is 41.7 Å². The second-order valence-electron chi connectivity index (χ2n) is 6.73. The van der Waals surface area contributed by atoms with E-state index in [-0.39, 0.29) is 35.4 Å². The zero-order chi connectivity index (χ0) is 17.7. The third-order valence-electron chi connectivity index (χ3n) is 3.95. The highest BCUT2D eigenvalue weighted by Crippen LogP contribution is 2.36. The number of hydrogen-bond donors (Lipinski definition) is 1. The van der Waals surface area contributed by atoms with Gasteiger partial charge in [0, 0.05) is 12.8 Å². The van der Waals surface area contributed by atoms with Crippen molar-refractivity contribution in [3.8, 4) is 0 Å². The summed E-state index contributed by atoms with van der Waals surface area (Å²) >= 11 is 0. The summed E-state index contributed by atoms with van der Waals surface area (Å²) in [5, 5.41) is 10.4. The van der Waals surface area contributed by atoms with Crippen LogP contribution in [0.5, 0.6) is 0 Å². The normalized spacial score (nSPS) is 20.8. The van der Waals surface area contributed by atoms with Crippen molar-refractivity contribution in [2.45, 2.75) is 39.5 Å². The van der Waals surface area contributed by atoms with E-state index in [0.717, 1.165) is 5.69 Å². The highest BCUT2D eigenvalue weighted by Gasteiger charge is 2.36. The van der Waals surface area contributed by atoms with Gasteiger partial charge in [-0.2, -0.15) is 0 Å². The third-order valence-corrected chi connectivity index (χ3v) is 3.95. The third kappa shape index (κ3) is 4.54. The topological polar surface area (TPSA) is 76.0 Å². The fourth-order valence-corrected chi connectivity index (χ4v) is 2.82. The number of Topliss-reactive ketones (excluding diaryl/α,β-unsaturated/α-hetero) is 1. The Labute approximate surface area is 142 Å². The number of carbonyl (C=O) groups excluding carboxylic acids is 2. The quantitative estimate of drug-likeness (QED) is 0.516. The number of para-hydroxylation sites is 1. The monoisotopic (exact) mass is 329 g/mol. The lowest BCUT2D eigenvalue weighted by molar-refractivity contribution is -0.140. The predicted molar refractivity (Wildman–Crippen MR) is 92.5 cm³/mol. The summed E-state index contributed by atoms with van der Waals surface area (Å²) < 4.78 is 4.58. The summed E-state index contributed by atoms with van der Waals surface area (Å²) in [6.07, 6.45) is 1.03. The van der Waals surface area contributed by atoms with Gasteiger partial charge in [-0.25, -0.2) is 0 Å². The first-order chi connectivity index (χ1) is 11.3. The van der Waals surface area contributed by atoms with E-state index in [1.165, 1.54) is 7.11 Å². The van der Waals surface area contributed by atoms with Crippen molar-refractivity contribution >= 4 is 23.2 Å².